The average molecular weight is 343 g/mol. The number of hydrogen-bond donors (Lipinski definition) is 1. The van der Waals surface area contributed by atoms with E-state index in [0.717, 1.165) is 22.3 Å². The topological polar surface area (TPSA) is 59.1 Å². The summed E-state index contributed by atoms with van der Waals surface area (Å²) in [6.45, 7) is 4.35. The van der Waals surface area contributed by atoms with Gasteiger partial charge in [-0.05, 0) is 54.7 Å². The fraction of sp³-hybridized carbons (Fsp3) is 0.316. The van der Waals surface area contributed by atoms with Crippen molar-refractivity contribution in [3.63, 3.8) is 0 Å². The molecule has 2 aromatic rings. The molecule has 0 saturated heterocycles. The van der Waals surface area contributed by atoms with Crippen LogP contribution >= 0.6 is 11.6 Å². The standard InChI is InChI=1S/C19H19ClN2O2/c1-11-8-12(2)15(16(20)9-11)10-22-19(24)14-5-6-17(23)18-13(14)4-3-7-21-18/h3-4,7-9,14H,5-6,10H2,1-2H3,(H,22,24). The van der Waals surface area contributed by atoms with E-state index in [9.17, 15) is 9.59 Å². The lowest BCUT2D eigenvalue weighted by molar-refractivity contribution is -0.122. The van der Waals surface area contributed by atoms with Crippen LogP contribution in [0.2, 0.25) is 5.02 Å². The van der Waals surface area contributed by atoms with Crippen LogP contribution in [-0.2, 0) is 11.3 Å². The summed E-state index contributed by atoms with van der Waals surface area (Å²) in [5.41, 5.74) is 4.22. The second-order valence-corrected chi connectivity index (χ2v) is 6.62. The third-order valence-electron chi connectivity index (χ3n) is 4.46. The van der Waals surface area contributed by atoms with E-state index in [1.807, 2.05) is 32.0 Å². The molecule has 1 heterocycles. The fourth-order valence-corrected chi connectivity index (χ4v) is 3.61. The van der Waals surface area contributed by atoms with Gasteiger partial charge in [-0.3, -0.25) is 14.6 Å². The van der Waals surface area contributed by atoms with E-state index in [0.29, 0.717) is 30.1 Å². The number of nitrogens with zero attached hydrogens (tertiary/aromatic N) is 1. The monoisotopic (exact) mass is 342 g/mol. The largest absolute Gasteiger partial charge is 0.351 e. The van der Waals surface area contributed by atoms with Gasteiger partial charge in [-0.2, -0.15) is 0 Å². The summed E-state index contributed by atoms with van der Waals surface area (Å²) in [7, 11) is 0. The smallest absolute Gasteiger partial charge is 0.227 e. The van der Waals surface area contributed by atoms with Crippen LogP contribution in [0.25, 0.3) is 0 Å². The molecule has 0 fully saturated rings. The number of amides is 1. The molecular formula is C19H19ClN2O2. The highest BCUT2D eigenvalue weighted by Crippen LogP contribution is 2.30. The van der Waals surface area contributed by atoms with Crippen LogP contribution in [0.1, 0.15) is 51.5 Å². The van der Waals surface area contributed by atoms with Gasteiger partial charge in [-0.1, -0.05) is 23.7 Å². The number of benzene rings is 1. The van der Waals surface area contributed by atoms with E-state index < -0.39 is 0 Å². The molecule has 1 amide bonds. The zero-order valence-corrected chi connectivity index (χ0v) is 14.5. The molecule has 0 radical (unpaired) electrons. The van der Waals surface area contributed by atoms with E-state index >= 15 is 0 Å². The summed E-state index contributed by atoms with van der Waals surface area (Å²) >= 11 is 6.30. The van der Waals surface area contributed by atoms with Gasteiger partial charge in [-0.15, -0.1) is 0 Å². The van der Waals surface area contributed by atoms with E-state index in [2.05, 4.69) is 10.3 Å². The number of carbonyl (C=O) groups is 2. The van der Waals surface area contributed by atoms with Crippen LogP contribution in [0, 0.1) is 13.8 Å². The highest BCUT2D eigenvalue weighted by Gasteiger charge is 2.31. The van der Waals surface area contributed by atoms with Gasteiger partial charge in [0, 0.05) is 24.2 Å². The molecule has 0 aliphatic heterocycles. The van der Waals surface area contributed by atoms with Crippen LogP contribution in [0.15, 0.2) is 30.5 Å². The summed E-state index contributed by atoms with van der Waals surface area (Å²) in [5, 5.41) is 3.62. The summed E-state index contributed by atoms with van der Waals surface area (Å²) in [4.78, 5) is 28.7. The molecule has 1 unspecified atom stereocenters. The number of aryl methyl sites for hydroxylation is 2. The summed E-state index contributed by atoms with van der Waals surface area (Å²) in [6.07, 6.45) is 2.46. The number of pyridine rings is 1. The lowest BCUT2D eigenvalue weighted by atomic mass is 9.84. The Bertz CT molecular complexity index is 794. The SMILES string of the molecule is Cc1cc(C)c(CNC(=O)C2CCC(=O)c3ncccc32)c(Cl)c1. The van der Waals surface area contributed by atoms with Crippen LogP contribution in [0.4, 0.5) is 0 Å². The summed E-state index contributed by atoms with van der Waals surface area (Å²) < 4.78 is 0. The maximum atomic E-state index is 12.6. The van der Waals surface area contributed by atoms with Gasteiger partial charge in [0.05, 0.1) is 5.92 Å². The second kappa shape index (κ2) is 6.73. The van der Waals surface area contributed by atoms with Crippen molar-refractivity contribution in [1.82, 2.24) is 10.3 Å². The third-order valence-corrected chi connectivity index (χ3v) is 4.79. The van der Waals surface area contributed by atoms with Gasteiger partial charge >= 0.3 is 0 Å². The number of aromatic nitrogens is 1. The minimum Gasteiger partial charge on any atom is -0.351 e. The van der Waals surface area contributed by atoms with Gasteiger partial charge in [0.1, 0.15) is 5.69 Å². The molecule has 24 heavy (non-hydrogen) atoms. The first-order valence-corrected chi connectivity index (χ1v) is 8.36. The molecule has 124 valence electrons. The fourth-order valence-electron chi connectivity index (χ4n) is 3.22. The molecule has 3 rings (SSSR count). The Morgan fingerprint density at radius 3 is 2.92 bits per heavy atom. The Labute approximate surface area is 146 Å². The van der Waals surface area contributed by atoms with Gasteiger partial charge in [0.25, 0.3) is 0 Å². The molecular weight excluding hydrogens is 324 g/mol. The number of fused-ring (bicyclic) bond motifs is 1. The maximum Gasteiger partial charge on any atom is 0.227 e. The Kier molecular flexibility index (Phi) is 4.67. The van der Waals surface area contributed by atoms with Crippen molar-refractivity contribution >= 4 is 23.3 Å². The molecule has 1 aliphatic rings. The van der Waals surface area contributed by atoms with E-state index in [-0.39, 0.29) is 17.6 Å². The molecule has 1 atom stereocenters. The first-order valence-electron chi connectivity index (χ1n) is 7.99. The minimum atomic E-state index is -0.337. The first kappa shape index (κ1) is 16.7. The van der Waals surface area contributed by atoms with Crippen molar-refractivity contribution in [2.45, 2.75) is 39.2 Å². The number of nitrogens with one attached hydrogen (secondary N) is 1. The molecule has 0 saturated carbocycles. The highest BCUT2D eigenvalue weighted by atomic mass is 35.5. The van der Waals surface area contributed by atoms with Crippen molar-refractivity contribution in [2.75, 3.05) is 0 Å². The molecule has 5 heteroatoms. The molecule has 1 N–H and O–H groups in total. The third kappa shape index (κ3) is 3.20. The molecule has 4 nitrogen and oxygen atoms in total. The van der Waals surface area contributed by atoms with Gasteiger partial charge in [-0.25, -0.2) is 0 Å². The van der Waals surface area contributed by atoms with Crippen molar-refractivity contribution in [3.05, 3.63) is 63.4 Å². The molecule has 1 aromatic carbocycles. The van der Waals surface area contributed by atoms with Crippen LogP contribution in [-0.4, -0.2) is 16.7 Å². The van der Waals surface area contributed by atoms with Crippen LogP contribution in [0.5, 0.6) is 0 Å². The number of hydrogen-bond acceptors (Lipinski definition) is 3. The zero-order valence-electron chi connectivity index (χ0n) is 13.7. The zero-order chi connectivity index (χ0) is 17.3. The van der Waals surface area contributed by atoms with E-state index in [1.165, 1.54) is 0 Å². The van der Waals surface area contributed by atoms with Gasteiger partial charge < -0.3 is 5.32 Å². The number of Topliss-reactive ketones (excluding diaryl/α,β-unsaturated/α-hetero) is 1. The second-order valence-electron chi connectivity index (χ2n) is 6.22. The number of ketones is 1. The Balaban J connectivity index is 1.77. The van der Waals surface area contributed by atoms with Crippen molar-refractivity contribution < 1.29 is 9.59 Å². The Hall–Kier alpha value is -2.20. The average Bonchev–Trinajstić information content (AvgIpc) is 2.54. The number of halogens is 1. The molecule has 0 spiro atoms. The number of carbonyl (C=O) groups excluding carboxylic acids is 2. The van der Waals surface area contributed by atoms with Crippen LogP contribution in [0.3, 0.4) is 0 Å². The highest BCUT2D eigenvalue weighted by molar-refractivity contribution is 6.31. The van der Waals surface area contributed by atoms with Gasteiger partial charge in [0.2, 0.25) is 5.91 Å². The quantitative estimate of drug-likeness (QED) is 0.924. The predicted octanol–water partition coefficient (Wildman–Crippen LogP) is 3.73. The Morgan fingerprint density at radius 2 is 2.17 bits per heavy atom. The van der Waals surface area contributed by atoms with E-state index in [4.69, 9.17) is 11.6 Å². The van der Waals surface area contributed by atoms with Crippen LogP contribution < -0.4 is 5.32 Å². The molecule has 0 bridgehead atoms. The summed E-state index contributed by atoms with van der Waals surface area (Å²) in [6, 6.07) is 7.52. The predicted molar refractivity (Wildman–Crippen MR) is 93.3 cm³/mol. The summed E-state index contributed by atoms with van der Waals surface area (Å²) in [5.74, 6) is -0.421. The van der Waals surface area contributed by atoms with Crippen molar-refractivity contribution in [1.29, 1.82) is 0 Å². The Morgan fingerprint density at radius 1 is 1.38 bits per heavy atom. The molecule has 1 aliphatic carbocycles. The van der Waals surface area contributed by atoms with Crippen molar-refractivity contribution in [3.8, 4) is 0 Å². The normalized spacial score (nSPS) is 16.6. The lowest BCUT2D eigenvalue weighted by Gasteiger charge is -2.23. The number of rotatable bonds is 3. The lowest BCUT2D eigenvalue weighted by Crippen LogP contribution is -2.32. The first-order chi connectivity index (χ1) is 11.5. The maximum absolute atomic E-state index is 12.6. The molecule has 1 aromatic heterocycles. The van der Waals surface area contributed by atoms with Crippen molar-refractivity contribution in [2.24, 2.45) is 0 Å². The minimum absolute atomic E-state index is 0.00655. The van der Waals surface area contributed by atoms with Gasteiger partial charge in [0.15, 0.2) is 5.78 Å². The van der Waals surface area contributed by atoms with E-state index in [1.54, 1.807) is 12.3 Å².